The SMILES string of the molecule is O=S(=O)(c1ccc(Cl)cc1)[C@]12Cc3ccccc3[C@@H]1[C@@H]1CCCC[C@@H]12. The average molecular weight is 373 g/mol. The molecule has 25 heavy (non-hydrogen) atoms. The van der Waals surface area contributed by atoms with Crippen LogP contribution in [0.1, 0.15) is 42.7 Å². The number of sulfone groups is 1. The van der Waals surface area contributed by atoms with Gasteiger partial charge in [-0.2, -0.15) is 0 Å². The third-order valence-electron chi connectivity index (χ3n) is 6.88. The molecule has 2 saturated carbocycles. The van der Waals surface area contributed by atoms with Crippen LogP contribution in [0.3, 0.4) is 0 Å². The molecule has 4 heteroatoms. The summed E-state index contributed by atoms with van der Waals surface area (Å²) in [5, 5.41) is 0.576. The standard InChI is InChI=1S/C21H21ClO2S/c22-15-9-11-16(12-10-15)25(23,24)21-13-14-5-1-2-6-17(14)20(21)18-7-3-4-8-19(18)21/h1-2,5-6,9-12,18-20H,3-4,7-8,13H2/t18-,19+,20-,21+/m1/s1. The van der Waals surface area contributed by atoms with Crippen molar-refractivity contribution in [2.75, 3.05) is 0 Å². The van der Waals surface area contributed by atoms with Crippen LogP contribution in [-0.2, 0) is 16.3 Å². The predicted octanol–water partition coefficient (Wildman–Crippen LogP) is 5.01. The summed E-state index contributed by atoms with van der Waals surface area (Å²) in [5.74, 6) is 0.980. The minimum absolute atomic E-state index is 0.162. The summed E-state index contributed by atoms with van der Waals surface area (Å²) < 4.78 is 27.0. The first-order valence-electron chi connectivity index (χ1n) is 9.14. The van der Waals surface area contributed by atoms with E-state index in [1.165, 1.54) is 24.0 Å². The first kappa shape index (κ1) is 15.9. The fourth-order valence-electron chi connectivity index (χ4n) is 5.97. The van der Waals surface area contributed by atoms with Gasteiger partial charge in [-0.1, -0.05) is 48.7 Å². The van der Waals surface area contributed by atoms with Gasteiger partial charge in [0.05, 0.1) is 9.64 Å². The molecule has 0 unspecified atom stereocenters. The van der Waals surface area contributed by atoms with E-state index in [0.29, 0.717) is 28.2 Å². The second-order valence-electron chi connectivity index (χ2n) is 7.82. The van der Waals surface area contributed by atoms with Crippen LogP contribution in [0, 0.1) is 11.8 Å². The van der Waals surface area contributed by atoms with E-state index in [2.05, 4.69) is 18.2 Å². The van der Waals surface area contributed by atoms with Gasteiger partial charge < -0.3 is 0 Å². The highest BCUT2D eigenvalue weighted by Crippen LogP contribution is 2.69. The molecule has 0 amide bonds. The number of halogens is 1. The normalized spacial score (nSPS) is 33.1. The van der Waals surface area contributed by atoms with E-state index in [9.17, 15) is 8.42 Å². The number of hydrogen-bond acceptors (Lipinski definition) is 2. The minimum atomic E-state index is -3.41. The molecule has 2 aromatic rings. The van der Waals surface area contributed by atoms with Crippen LogP contribution in [-0.4, -0.2) is 13.2 Å². The van der Waals surface area contributed by atoms with Crippen molar-refractivity contribution in [2.24, 2.45) is 11.8 Å². The summed E-state index contributed by atoms with van der Waals surface area (Å²) in [4.78, 5) is 0.429. The molecule has 3 aliphatic rings. The van der Waals surface area contributed by atoms with Gasteiger partial charge in [0.1, 0.15) is 0 Å². The van der Waals surface area contributed by atoms with Crippen LogP contribution in [0.15, 0.2) is 53.4 Å². The van der Waals surface area contributed by atoms with Gasteiger partial charge in [-0.3, -0.25) is 0 Å². The Kier molecular flexibility index (Phi) is 3.40. The van der Waals surface area contributed by atoms with Crippen molar-refractivity contribution in [3.63, 3.8) is 0 Å². The molecule has 0 bridgehead atoms. The smallest absolute Gasteiger partial charge is 0.185 e. The van der Waals surface area contributed by atoms with Crippen molar-refractivity contribution in [3.05, 3.63) is 64.7 Å². The van der Waals surface area contributed by atoms with Crippen LogP contribution < -0.4 is 0 Å². The summed E-state index contributed by atoms with van der Waals surface area (Å²) in [6, 6.07) is 15.1. The summed E-state index contributed by atoms with van der Waals surface area (Å²) in [6.45, 7) is 0. The molecule has 4 atom stereocenters. The Morgan fingerprint density at radius 2 is 1.68 bits per heavy atom. The number of fused-ring (bicyclic) bond motifs is 6. The molecule has 0 radical (unpaired) electrons. The van der Waals surface area contributed by atoms with Gasteiger partial charge in [0.15, 0.2) is 9.84 Å². The van der Waals surface area contributed by atoms with E-state index >= 15 is 0 Å². The maximum atomic E-state index is 13.8. The molecule has 0 heterocycles. The highest BCUT2D eigenvalue weighted by atomic mass is 35.5. The quantitative estimate of drug-likeness (QED) is 0.742. The second kappa shape index (κ2) is 5.34. The van der Waals surface area contributed by atoms with Gasteiger partial charge in [-0.25, -0.2) is 8.42 Å². The Balaban J connectivity index is 1.69. The molecule has 2 aromatic carbocycles. The lowest BCUT2D eigenvalue weighted by Gasteiger charge is -2.60. The summed E-state index contributed by atoms with van der Waals surface area (Å²) in [7, 11) is -3.41. The first-order chi connectivity index (χ1) is 12.1. The van der Waals surface area contributed by atoms with Crippen LogP contribution in [0.25, 0.3) is 0 Å². The Morgan fingerprint density at radius 1 is 0.960 bits per heavy atom. The molecule has 0 aliphatic heterocycles. The van der Waals surface area contributed by atoms with Gasteiger partial charge in [0, 0.05) is 10.9 Å². The highest BCUT2D eigenvalue weighted by molar-refractivity contribution is 7.93. The van der Waals surface area contributed by atoms with Crippen molar-refractivity contribution < 1.29 is 8.42 Å². The molecule has 0 saturated heterocycles. The first-order valence-corrected chi connectivity index (χ1v) is 11.0. The van der Waals surface area contributed by atoms with E-state index in [-0.39, 0.29) is 5.92 Å². The molecule has 3 aliphatic carbocycles. The molecule has 5 rings (SSSR count). The van der Waals surface area contributed by atoms with Crippen molar-refractivity contribution in [3.8, 4) is 0 Å². The fraction of sp³-hybridized carbons (Fsp3) is 0.429. The largest absolute Gasteiger partial charge is 0.223 e. The summed E-state index contributed by atoms with van der Waals surface area (Å²) in [5.41, 5.74) is 2.52. The molecular formula is C21H21ClO2S. The number of benzene rings is 2. The van der Waals surface area contributed by atoms with E-state index in [1.807, 2.05) is 6.07 Å². The summed E-state index contributed by atoms with van der Waals surface area (Å²) >= 11 is 5.99. The van der Waals surface area contributed by atoms with Crippen molar-refractivity contribution >= 4 is 21.4 Å². The van der Waals surface area contributed by atoms with E-state index in [0.717, 1.165) is 12.8 Å². The Morgan fingerprint density at radius 3 is 2.48 bits per heavy atom. The average Bonchev–Trinajstić information content (AvgIpc) is 2.92. The van der Waals surface area contributed by atoms with E-state index in [1.54, 1.807) is 24.3 Å². The lowest BCUT2D eigenvalue weighted by Crippen LogP contribution is -2.64. The van der Waals surface area contributed by atoms with Crippen LogP contribution >= 0.6 is 11.6 Å². The van der Waals surface area contributed by atoms with E-state index in [4.69, 9.17) is 11.6 Å². The van der Waals surface area contributed by atoms with Crippen molar-refractivity contribution in [1.29, 1.82) is 0 Å². The number of rotatable bonds is 2. The monoisotopic (exact) mass is 372 g/mol. The molecule has 2 fully saturated rings. The van der Waals surface area contributed by atoms with Crippen molar-refractivity contribution in [1.82, 2.24) is 0 Å². The van der Waals surface area contributed by atoms with Gasteiger partial charge in [0.2, 0.25) is 0 Å². The van der Waals surface area contributed by atoms with Crippen LogP contribution in [0.2, 0.25) is 5.02 Å². The Hall–Kier alpha value is -1.32. The van der Waals surface area contributed by atoms with Gasteiger partial charge in [0.25, 0.3) is 0 Å². The van der Waals surface area contributed by atoms with Gasteiger partial charge in [-0.05, 0) is 66.5 Å². The molecule has 130 valence electrons. The van der Waals surface area contributed by atoms with Crippen molar-refractivity contribution in [2.45, 2.75) is 47.7 Å². The van der Waals surface area contributed by atoms with Crippen LogP contribution in [0.5, 0.6) is 0 Å². The Labute approximate surface area is 154 Å². The minimum Gasteiger partial charge on any atom is -0.223 e. The third kappa shape index (κ3) is 1.94. The number of hydrogen-bond donors (Lipinski definition) is 0. The molecule has 0 aromatic heterocycles. The van der Waals surface area contributed by atoms with Crippen LogP contribution in [0.4, 0.5) is 0 Å². The molecule has 2 nitrogen and oxygen atoms in total. The van der Waals surface area contributed by atoms with Gasteiger partial charge in [-0.15, -0.1) is 0 Å². The fourth-order valence-corrected chi connectivity index (χ4v) is 8.70. The lowest BCUT2D eigenvalue weighted by molar-refractivity contribution is 0.0284. The zero-order chi connectivity index (χ0) is 17.2. The maximum absolute atomic E-state index is 13.8. The zero-order valence-electron chi connectivity index (χ0n) is 14.0. The summed E-state index contributed by atoms with van der Waals surface area (Å²) in [6.07, 6.45) is 5.27. The van der Waals surface area contributed by atoms with Gasteiger partial charge >= 0.3 is 0 Å². The topological polar surface area (TPSA) is 34.1 Å². The molecular weight excluding hydrogens is 352 g/mol. The Bertz CT molecular complexity index is 935. The highest BCUT2D eigenvalue weighted by Gasteiger charge is 2.71. The predicted molar refractivity (Wildman–Crippen MR) is 99.7 cm³/mol. The zero-order valence-corrected chi connectivity index (χ0v) is 15.6. The second-order valence-corrected chi connectivity index (χ2v) is 10.5. The maximum Gasteiger partial charge on any atom is 0.185 e. The molecule has 0 N–H and O–H groups in total. The third-order valence-corrected chi connectivity index (χ3v) is 9.73. The lowest BCUT2D eigenvalue weighted by atomic mass is 9.51. The molecule has 0 spiro atoms. The van der Waals surface area contributed by atoms with E-state index < -0.39 is 14.6 Å².